The maximum atomic E-state index is 9.56. The van der Waals surface area contributed by atoms with Crippen LogP contribution in [0.1, 0.15) is 22.3 Å². The molecule has 0 aliphatic carbocycles. The third-order valence-electron chi connectivity index (χ3n) is 3.48. The molecule has 114 valence electrons. The summed E-state index contributed by atoms with van der Waals surface area (Å²) in [7, 11) is 0. The van der Waals surface area contributed by atoms with Crippen LogP contribution in [-0.4, -0.2) is 0 Å². The molecule has 3 rings (SSSR count). The van der Waals surface area contributed by atoms with Crippen molar-refractivity contribution in [1.82, 2.24) is 0 Å². The number of fused-ring (bicyclic) bond motifs is 1. The Morgan fingerprint density at radius 2 is 1.56 bits per heavy atom. The molecular formula is C18H5BrN6. The molecule has 0 unspecified atom stereocenters. The van der Waals surface area contributed by atoms with E-state index in [1.54, 1.807) is 12.1 Å². The Hall–Kier alpha value is -3.78. The molecule has 7 heteroatoms. The van der Waals surface area contributed by atoms with Gasteiger partial charge in [-0.15, -0.1) is 0 Å². The van der Waals surface area contributed by atoms with Crippen LogP contribution < -0.4 is 10.7 Å². The molecule has 2 aromatic rings. The van der Waals surface area contributed by atoms with Gasteiger partial charge in [-0.3, -0.25) is 0 Å². The molecule has 1 aliphatic rings. The number of rotatable bonds is 1. The maximum absolute atomic E-state index is 9.56. The summed E-state index contributed by atoms with van der Waals surface area (Å²) in [4.78, 5) is 8.63. The maximum Gasteiger partial charge on any atom is 0.171 e. The summed E-state index contributed by atoms with van der Waals surface area (Å²) in [6, 6.07) is 15.8. The van der Waals surface area contributed by atoms with Crippen LogP contribution in [0.3, 0.4) is 0 Å². The number of hydrogen-bond donors (Lipinski definition) is 0. The van der Waals surface area contributed by atoms with E-state index in [0.29, 0.717) is 26.3 Å². The molecule has 0 atom stereocenters. The molecule has 0 spiro atoms. The highest BCUT2D eigenvalue weighted by Crippen LogP contribution is 2.23. The zero-order valence-corrected chi connectivity index (χ0v) is 14.0. The van der Waals surface area contributed by atoms with E-state index in [1.807, 2.05) is 18.2 Å². The lowest BCUT2D eigenvalue weighted by Gasteiger charge is -2.02. The third-order valence-corrected chi connectivity index (χ3v) is 4.14. The van der Waals surface area contributed by atoms with E-state index in [2.05, 4.69) is 32.0 Å². The summed E-state index contributed by atoms with van der Waals surface area (Å²) in [5.74, 6) is 0.145. The number of nitriles is 4. The molecule has 1 aliphatic heterocycles. The fraction of sp³-hybridized carbons (Fsp3) is 0. The Labute approximate surface area is 150 Å². The van der Waals surface area contributed by atoms with Crippen molar-refractivity contribution in [3.8, 4) is 24.3 Å². The first-order chi connectivity index (χ1) is 12.1. The van der Waals surface area contributed by atoms with Crippen molar-refractivity contribution in [3.63, 3.8) is 0 Å². The first-order valence-electron chi connectivity index (χ1n) is 6.87. The van der Waals surface area contributed by atoms with Crippen molar-refractivity contribution in [1.29, 1.82) is 21.0 Å². The van der Waals surface area contributed by atoms with Gasteiger partial charge in [-0.1, -0.05) is 0 Å². The highest BCUT2D eigenvalue weighted by molar-refractivity contribution is 9.10. The van der Waals surface area contributed by atoms with Gasteiger partial charge in [0.15, 0.2) is 5.82 Å². The lowest BCUT2D eigenvalue weighted by Crippen LogP contribution is -2.24. The van der Waals surface area contributed by atoms with Crippen LogP contribution >= 0.6 is 15.9 Å². The average Bonchev–Trinajstić information content (AvgIpc) is 3.05. The van der Waals surface area contributed by atoms with Crippen molar-refractivity contribution in [2.75, 3.05) is 0 Å². The first kappa shape index (κ1) is 16.1. The molecule has 25 heavy (non-hydrogen) atoms. The van der Waals surface area contributed by atoms with Crippen LogP contribution in [0, 0.1) is 45.3 Å². The van der Waals surface area contributed by atoms with Crippen LogP contribution in [0.25, 0.3) is 5.57 Å². The molecule has 0 bridgehead atoms. The largest absolute Gasteiger partial charge is 0.226 e. The van der Waals surface area contributed by atoms with Crippen molar-refractivity contribution in [3.05, 3.63) is 73.6 Å². The summed E-state index contributed by atoms with van der Waals surface area (Å²) >= 11 is 3.29. The van der Waals surface area contributed by atoms with Gasteiger partial charge in [-0.25, -0.2) is 9.98 Å². The Morgan fingerprint density at radius 1 is 0.880 bits per heavy atom. The fourth-order valence-corrected chi connectivity index (χ4v) is 2.78. The standard InChI is InChI=1S/C18H5BrN6/c19-15-1-2-16-17(14(15)9-23)25-18(24-16)13(8-22)12-4-10(6-20)3-11(5-12)7-21/h1-5H/b18-13-. The highest BCUT2D eigenvalue weighted by atomic mass is 79.9. The normalized spacial score (nSPS) is 13.2. The van der Waals surface area contributed by atoms with E-state index in [-0.39, 0.29) is 22.5 Å². The van der Waals surface area contributed by atoms with Crippen LogP contribution in [0.5, 0.6) is 0 Å². The van der Waals surface area contributed by atoms with Gasteiger partial charge in [0, 0.05) is 4.47 Å². The molecule has 0 radical (unpaired) electrons. The van der Waals surface area contributed by atoms with E-state index in [4.69, 9.17) is 10.5 Å². The lowest BCUT2D eigenvalue weighted by atomic mass is 10.0. The minimum Gasteiger partial charge on any atom is -0.226 e. The van der Waals surface area contributed by atoms with Crippen molar-refractivity contribution in [2.45, 2.75) is 0 Å². The van der Waals surface area contributed by atoms with Gasteiger partial charge < -0.3 is 0 Å². The molecule has 2 aromatic carbocycles. The zero-order valence-electron chi connectivity index (χ0n) is 12.4. The number of hydrogen-bond acceptors (Lipinski definition) is 6. The quantitative estimate of drug-likeness (QED) is 0.699. The smallest absolute Gasteiger partial charge is 0.171 e. The number of halogens is 1. The van der Waals surface area contributed by atoms with Crippen LogP contribution in [0.4, 0.5) is 0 Å². The average molecular weight is 385 g/mol. The van der Waals surface area contributed by atoms with Gasteiger partial charge in [0.25, 0.3) is 0 Å². The second-order valence-electron chi connectivity index (χ2n) is 4.96. The SMILES string of the molecule is N#C/C(=C1\N=c2ccc(Br)c(C#N)c2=N1)c1cc(C#N)cc(C#N)c1. The molecule has 0 N–H and O–H groups in total. The zero-order chi connectivity index (χ0) is 18.0. The summed E-state index contributed by atoms with van der Waals surface area (Å²) in [5, 5.41) is 37.9. The van der Waals surface area contributed by atoms with Gasteiger partial charge >= 0.3 is 0 Å². The van der Waals surface area contributed by atoms with Crippen LogP contribution in [-0.2, 0) is 0 Å². The second-order valence-corrected chi connectivity index (χ2v) is 5.81. The van der Waals surface area contributed by atoms with Crippen molar-refractivity contribution < 1.29 is 0 Å². The van der Waals surface area contributed by atoms with E-state index < -0.39 is 0 Å². The molecule has 0 fully saturated rings. The van der Waals surface area contributed by atoms with E-state index in [1.165, 1.54) is 18.2 Å². The monoisotopic (exact) mass is 384 g/mol. The molecule has 0 saturated carbocycles. The fourth-order valence-electron chi connectivity index (χ4n) is 2.37. The van der Waals surface area contributed by atoms with Crippen LogP contribution in [0.2, 0.25) is 0 Å². The Balaban J connectivity index is 2.31. The summed E-state index contributed by atoms with van der Waals surface area (Å²) in [5.41, 5.74) is 1.37. The molecule has 1 heterocycles. The molecule has 0 amide bonds. The van der Waals surface area contributed by atoms with Gasteiger partial charge in [-0.05, 0) is 51.8 Å². The predicted molar refractivity (Wildman–Crippen MR) is 89.6 cm³/mol. The number of benzene rings is 2. The van der Waals surface area contributed by atoms with Gasteiger partial charge in [-0.2, -0.15) is 21.0 Å². The van der Waals surface area contributed by atoms with E-state index in [9.17, 15) is 10.5 Å². The highest BCUT2D eigenvalue weighted by Gasteiger charge is 2.16. The lowest BCUT2D eigenvalue weighted by molar-refractivity contribution is 1.22. The Bertz CT molecular complexity index is 1210. The van der Waals surface area contributed by atoms with E-state index >= 15 is 0 Å². The third kappa shape index (κ3) is 2.77. The summed E-state index contributed by atoms with van der Waals surface area (Å²) < 4.78 is 0.589. The Morgan fingerprint density at radius 3 is 2.12 bits per heavy atom. The number of nitrogens with zero attached hydrogens (tertiary/aromatic N) is 6. The van der Waals surface area contributed by atoms with Crippen molar-refractivity contribution >= 4 is 21.5 Å². The molecular weight excluding hydrogens is 380 g/mol. The van der Waals surface area contributed by atoms with Gasteiger partial charge in [0.2, 0.25) is 0 Å². The van der Waals surface area contributed by atoms with Gasteiger partial charge in [0.1, 0.15) is 23.1 Å². The Kier molecular flexibility index (Phi) is 4.11. The minimum atomic E-state index is 0.129. The summed E-state index contributed by atoms with van der Waals surface area (Å²) in [6.07, 6.45) is 0. The summed E-state index contributed by atoms with van der Waals surface area (Å²) in [6.45, 7) is 0. The number of allylic oxidation sites excluding steroid dienone is 1. The van der Waals surface area contributed by atoms with Gasteiger partial charge in [0.05, 0.1) is 34.2 Å². The minimum absolute atomic E-state index is 0.129. The first-order valence-corrected chi connectivity index (χ1v) is 7.66. The molecule has 0 saturated heterocycles. The van der Waals surface area contributed by atoms with E-state index in [0.717, 1.165) is 0 Å². The predicted octanol–water partition coefficient (Wildman–Crippen LogP) is 2.21. The van der Waals surface area contributed by atoms with Crippen LogP contribution in [0.15, 0.2) is 50.6 Å². The molecule has 6 nitrogen and oxygen atoms in total. The van der Waals surface area contributed by atoms with Crippen molar-refractivity contribution in [2.24, 2.45) is 9.98 Å². The molecule has 0 aromatic heterocycles. The second kappa shape index (κ2) is 6.38. The topological polar surface area (TPSA) is 120 Å².